The molecule has 0 saturated carbocycles. The molecule has 2 aromatic rings. The number of carbonyl (C=O) groups is 1. The molecule has 2 heterocycles. The molecular weight excluding hydrogens is 280 g/mol. The van der Waals surface area contributed by atoms with Crippen LogP contribution in [0, 0.1) is 13.8 Å². The average molecular weight is 295 g/mol. The Balaban J connectivity index is 2.13. The van der Waals surface area contributed by atoms with Crippen LogP contribution in [0.1, 0.15) is 38.6 Å². The summed E-state index contributed by atoms with van der Waals surface area (Å²) in [7, 11) is 0. The maximum Gasteiger partial charge on any atom is 0.251 e. The lowest BCUT2D eigenvalue weighted by Crippen LogP contribution is -2.26. The van der Waals surface area contributed by atoms with Gasteiger partial charge in [0.05, 0.1) is 6.04 Å². The molecule has 0 fully saturated rings. The number of aromatic nitrogens is 1. The number of hydrogen-bond donors (Lipinski definition) is 1. The van der Waals surface area contributed by atoms with Gasteiger partial charge in [0.15, 0.2) is 0 Å². The number of hydrogen-bond acceptors (Lipinski definition) is 3. The highest BCUT2D eigenvalue weighted by Crippen LogP contribution is 2.26. The van der Waals surface area contributed by atoms with E-state index in [1.807, 2.05) is 6.92 Å². The molecule has 1 amide bonds. The molecule has 1 unspecified atom stereocenters. The van der Waals surface area contributed by atoms with Crippen molar-refractivity contribution in [3.05, 3.63) is 50.4 Å². The highest BCUT2D eigenvalue weighted by atomic mass is 35.5. The summed E-state index contributed by atoms with van der Waals surface area (Å²) in [5, 5.41) is 3.30. The van der Waals surface area contributed by atoms with Gasteiger partial charge in [0.1, 0.15) is 5.15 Å². The van der Waals surface area contributed by atoms with Crippen LogP contribution in [0.15, 0.2) is 24.4 Å². The van der Waals surface area contributed by atoms with Crippen molar-refractivity contribution in [1.29, 1.82) is 0 Å². The zero-order valence-electron chi connectivity index (χ0n) is 11.0. The minimum Gasteiger partial charge on any atom is -0.345 e. The summed E-state index contributed by atoms with van der Waals surface area (Å²) in [4.78, 5) is 18.5. The second kappa shape index (κ2) is 5.72. The average Bonchev–Trinajstić information content (AvgIpc) is 2.68. The first-order valence-corrected chi connectivity index (χ1v) is 7.16. The highest BCUT2D eigenvalue weighted by molar-refractivity contribution is 7.12. The van der Waals surface area contributed by atoms with E-state index >= 15 is 0 Å². The van der Waals surface area contributed by atoms with Crippen LogP contribution in [0.5, 0.6) is 0 Å². The van der Waals surface area contributed by atoms with E-state index < -0.39 is 0 Å². The van der Waals surface area contributed by atoms with Gasteiger partial charge in [-0.25, -0.2) is 4.98 Å². The lowest BCUT2D eigenvalue weighted by Gasteiger charge is -2.14. The Kier molecular flexibility index (Phi) is 4.22. The minimum atomic E-state index is -0.139. The Hall–Kier alpha value is -1.39. The largest absolute Gasteiger partial charge is 0.345 e. The third-order valence-corrected chi connectivity index (χ3v) is 4.07. The molecule has 0 bridgehead atoms. The summed E-state index contributed by atoms with van der Waals surface area (Å²) in [5.41, 5.74) is 1.69. The molecule has 0 aliphatic heterocycles. The number of nitrogens with one attached hydrogen (secondary N) is 1. The van der Waals surface area contributed by atoms with Crippen LogP contribution < -0.4 is 5.32 Å². The number of halogens is 1. The van der Waals surface area contributed by atoms with Crippen molar-refractivity contribution in [3.8, 4) is 0 Å². The van der Waals surface area contributed by atoms with E-state index in [2.05, 4.69) is 30.2 Å². The Morgan fingerprint density at radius 3 is 2.74 bits per heavy atom. The molecule has 2 aromatic heterocycles. The lowest BCUT2D eigenvalue weighted by molar-refractivity contribution is 0.0940. The summed E-state index contributed by atoms with van der Waals surface area (Å²) < 4.78 is 0. The van der Waals surface area contributed by atoms with Gasteiger partial charge in [-0.15, -0.1) is 11.3 Å². The van der Waals surface area contributed by atoms with E-state index in [0.717, 1.165) is 5.56 Å². The normalized spacial score (nSPS) is 12.2. The molecule has 0 radical (unpaired) electrons. The van der Waals surface area contributed by atoms with Crippen LogP contribution in [0.3, 0.4) is 0 Å². The van der Waals surface area contributed by atoms with Crippen molar-refractivity contribution >= 4 is 28.8 Å². The second-order valence-corrected chi connectivity index (χ2v) is 6.28. The summed E-state index contributed by atoms with van der Waals surface area (Å²) in [6.45, 7) is 6.12. The molecule has 100 valence electrons. The Labute approximate surface area is 121 Å². The zero-order chi connectivity index (χ0) is 14.0. The predicted octanol–water partition coefficient (Wildman–Crippen LogP) is 3.90. The molecule has 0 aliphatic rings. The van der Waals surface area contributed by atoms with E-state index in [0.29, 0.717) is 10.7 Å². The lowest BCUT2D eigenvalue weighted by atomic mass is 10.1. The van der Waals surface area contributed by atoms with Gasteiger partial charge < -0.3 is 5.32 Å². The Bertz CT molecular complexity index is 609. The fourth-order valence-electron chi connectivity index (χ4n) is 1.98. The molecule has 1 atom stereocenters. The number of aryl methyl sites for hydroxylation is 2. The minimum absolute atomic E-state index is 0.0237. The van der Waals surface area contributed by atoms with Gasteiger partial charge in [-0.1, -0.05) is 11.6 Å². The standard InChI is InChI=1S/C14H15ClN2OS/c1-8-6-12(10(3)19-8)9(2)17-14(18)11-4-5-16-13(15)7-11/h4-7,9H,1-3H3,(H,17,18). The molecule has 2 rings (SSSR count). The number of carbonyl (C=O) groups excluding carboxylic acids is 1. The van der Waals surface area contributed by atoms with Crippen molar-refractivity contribution in [2.45, 2.75) is 26.8 Å². The molecule has 3 nitrogen and oxygen atoms in total. The van der Waals surface area contributed by atoms with Crippen molar-refractivity contribution < 1.29 is 4.79 Å². The fourth-order valence-corrected chi connectivity index (χ4v) is 3.18. The quantitative estimate of drug-likeness (QED) is 0.872. The van der Waals surface area contributed by atoms with Gasteiger partial charge in [0, 0.05) is 21.5 Å². The van der Waals surface area contributed by atoms with Gasteiger partial charge in [-0.2, -0.15) is 0 Å². The molecule has 1 N–H and O–H groups in total. The molecule has 0 aliphatic carbocycles. The molecule has 5 heteroatoms. The van der Waals surface area contributed by atoms with Crippen LogP contribution >= 0.6 is 22.9 Å². The maximum absolute atomic E-state index is 12.1. The summed E-state index contributed by atoms with van der Waals surface area (Å²) in [6.07, 6.45) is 1.53. The molecule has 0 spiro atoms. The third kappa shape index (κ3) is 3.33. The van der Waals surface area contributed by atoms with Crippen molar-refractivity contribution in [3.63, 3.8) is 0 Å². The molecule has 0 saturated heterocycles. The van der Waals surface area contributed by atoms with Gasteiger partial charge in [0.2, 0.25) is 0 Å². The Morgan fingerprint density at radius 1 is 1.42 bits per heavy atom. The van der Waals surface area contributed by atoms with E-state index in [9.17, 15) is 4.79 Å². The first-order chi connectivity index (χ1) is 8.97. The highest BCUT2D eigenvalue weighted by Gasteiger charge is 2.15. The smallest absolute Gasteiger partial charge is 0.251 e. The van der Waals surface area contributed by atoms with Gasteiger partial charge in [0.25, 0.3) is 5.91 Å². The van der Waals surface area contributed by atoms with Crippen LogP contribution in [0.4, 0.5) is 0 Å². The summed E-state index contributed by atoms with van der Waals surface area (Å²) in [6, 6.07) is 5.31. The van der Waals surface area contributed by atoms with E-state index in [4.69, 9.17) is 11.6 Å². The zero-order valence-corrected chi connectivity index (χ0v) is 12.6. The summed E-state index contributed by atoms with van der Waals surface area (Å²) in [5.74, 6) is -0.139. The number of thiophene rings is 1. The predicted molar refractivity (Wildman–Crippen MR) is 78.9 cm³/mol. The van der Waals surface area contributed by atoms with Crippen molar-refractivity contribution in [2.75, 3.05) is 0 Å². The summed E-state index contributed by atoms with van der Waals surface area (Å²) >= 11 is 7.52. The number of amides is 1. The van der Waals surface area contributed by atoms with E-state index in [1.54, 1.807) is 23.5 Å². The maximum atomic E-state index is 12.1. The third-order valence-electron chi connectivity index (χ3n) is 2.88. The molecular formula is C14H15ClN2OS. The molecule has 19 heavy (non-hydrogen) atoms. The number of rotatable bonds is 3. The first kappa shape index (κ1) is 14.0. The number of pyridine rings is 1. The van der Waals surface area contributed by atoms with Crippen molar-refractivity contribution in [2.24, 2.45) is 0 Å². The van der Waals surface area contributed by atoms with Crippen molar-refractivity contribution in [1.82, 2.24) is 10.3 Å². The monoisotopic (exact) mass is 294 g/mol. The van der Waals surface area contributed by atoms with Crippen LogP contribution in [0.25, 0.3) is 0 Å². The second-order valence-electron chi connectivity index (χ2n) is 4.43. The first-order valence-electron chi connectivity index (χ1n) is 5.96. The topological polar surface area (TPSA) is 42.0 Å². The Morgan fingerprint density at radius 2 is 2.16 bits per heavy atom. The van der Waals surface area contributed by atoms with E-state index in [1.165, 1.54) is 16.0 Å². The van der Waals surface area contributed by atoms with Gasteiger partial charge in [-0.05, 0) is 44.5 Å². The van der Waals surface area contributed by atoms with E-state index in [-0.39, 0.29) is 11.9 Å². The number of nitrogens with zero attached hydrogens (tertiary/aromatic N) is 1. The van der Waals surface area contributed by atoms with Crippen LogP contribution in [-0.4, -0.2) is 10.9 Å². The van der Waals surface area contributed by atoms with Gasteiger partial charge in [-0.3, -0.25) is 4.79 Å². The van der Waals surface area contributed by atoms with Gasteiger partial charge >= 0.3 is 0 Å². The SMILES string of the molecule is Cc1cc(C(C)NC(=O)c2ccnc(Cl)c2)c(C)s1. The van der Waals surface area contributed by atoms with Crippen LogP contribution in [-0.2, 0) is 0 Å². The molecule has 0 aromatic carbocycles. The van der Waals surface area contributed by atoms with Crippen LogP contribution in [0.2, 0.25) is 5.15 Å². The fraction of sp³-hybridized carbons (Fsp3) is 0.286.